The Bertz CT molecular complexity index is 1020. The summed E-state index contributed by atoms with van der Waals surface area (Å²) < 4.78 is 6.64. The molecule has 26 heavy (non-hydrogen) atoms. The molecule has 1 aromatic heterocycles. The summed E-state index contributed by atoms with van der Waals surface area (Å²) >= 11 is 0. The van der Waals surface area contributed by atoms with E-state index in [1.807, 2.05) is 0 Å². The van der Waals surface area contributed by atoms with E-state index in [2.05, 4.69) is 4.98 Å². The molecule has 3 rings (SSSR count). The summed E-state index contributed by atoms with van der Waals surface area (Å²) in [6.07, 6.45) is 1.59. The third kappa shape index (κ3) is 3.39. The summed E-state index contributed by atoms with van der Waals surface area (Å²) in [4.78, 5) is 37.0. The Balaban J connectivity index is 1.73. The number of nitrogens with zero attached hydrogens (tertiary/aromatic N) is 2. The summed E-state index contributed by atoms with van der Waals surface area (Å²) in [5.74, 6) is -0.604. The minimum Gasteiger partial charge on any atom is -0.457 e. The summed E-state index contributed by atoms with van der Waals surface area (Å²) in [5, 5.41) is 11.0. The van der Waals surface area contributed by atoms with Crippen LogP contribution >= 0.6 is 0 Å². The minimum atomic E-state index is -0.604. The summed E-state index contributed by atoms with van der Waals surface area (Å²) in [5.41, 5.74) is 1.59. The molecule has 0 fully saturated rings. The van der Waals surface area contributed by atoms with Crippen molar-refractivity contribution in [2.45, 2.75) is 13.5 Å². The number of ether oxygens (including phenoxy) is 1. The molecule has 1 N–H and O–H groups in total. The Hall–Kier alpha value is -3.68. The molecule has 0 aliphatic rings. The Morgan fingerprint density at radius 3 is 2.50 bits per heavy atom. The van der Waals surface area contributed by atoms with Crippen LogP contribution in [0.4, 0.5) is 5.69 Å². The fourth-order valence-electron chi connectivity index (χ4n) is 2.56. The smallest absolute Gasteiger partial charge is 0.338 e. The van der Waals surface area contributed by atoms with Gasteiger partial charge in [0.05, 0.1) is 21.7 Å². The van der Waals surface area contributed by atoms with Crippen molar-refractivity contribution >= 4 is 11.7 Å². The van der Waals surface area contributed by atoms with Gasteiger partial charge in [0.1, 0.15) is 6.61 Å². The van der Waals surface area contributed by atoms with Crippen LogP contribution in [0, 0.1) is 17.0 Å². The van der Waals surface area contributed by atoms with Crippen LogP contribution in [0.2, 0.25) is 0 Å². The van der Waals surface area contributed by atoms with Crippen LogP contribution in [-0.4, -0.2) is 20.4 Å². The molecule has 0 radical (unpaired) electrons. The zero-order valence-corrected chi connectivity index (χ0v) is 13.8. The Kier molecular flexibility index (Phi) is 4.66. The van der Waals surface area contributed by atoms with Crippen molar-refractivity contribution in [3.05, 3.63) is 92.1 Å². The summed E-state index contributed by atoms with van der Waals surface area (Å²) in [7, 11) is 0. The molecule has 8 heteroatoms. The first-order chi connectivity index (χ1) is 12.5. The number of benzene rings is 2. The lowest BCUT2D eigenvalue weighted by Crippen LogP contribution is -2.16. The largest absolute Gasteiger partial charge is 0.457 e. The van der Waals surface area contributed by atoms with Gasteiger partial charge >= 0.3 is 11.7 Å². The maximum Gasteiger partial charge on any atom is 0.338 e. The normalized spacial score (nSPS) is 10.5. The maximum absolute atomic E-state index is 12.2. The number of carbonyl (C=O) groups is 1. The number of aromatic amines is 1. The Morgan fingerprint density at radius 2 is 1.88 bits per heavy atom. The van der Waals surface area contributed by atoms with Crippen molar-refractivity contribution in [2.75, 3.05) is 0 Å². The number of nitrogens with one attached hydrogen (secondary N) is 1. The maximum atomic E-state index is 12.2. The zero-order chi connectivity index (χ0) is 18.7. The monoisotopic (exact) mass is 353 g/mol. The van der Waals surface area contributed by atoms with E-state index in [1.54, 1.807) is 37.4 Å². The topological polar surface area (TPSA) is 107 Å². The van der Waals surface area contributed by atoms with Crippen LogP contribution in [0.5, 0.6) is 0 Å². The number of esters is 1. The number of imidazole rings is 1. The fraction of sp³-hybridized carbons (Fsp3) is 0.111. The predicted molar refractivity (Wildman–Crippen MR) is 93.3 cm³/mol. The molecule has 0 saturated carbocycles. The molecule has 8 nitrogen and oxygen atoms in total. The highest BCUT2D eigenvalue weighted by Crippen LogP contribution is 2.19. The molecule has 0 aliphatic heterocycles. The second-order valence-electron chi connectivity index (χ2n) is 5.58. The molecule has 0 aliphatic carbocycles. The Labute approximate surface area is 147 Å². The van der Waals surface area contributed by atoms with Gasteiger partial charge in [-0.05, 0) is 37.3 Å². The predicted octanol–water partition coefficient (Wildman–Crippen LogP) is 2.74. The van der Waals surface area contributed by atoms with E-state index in [-0.39, 0.29) is 23.5 Å². The average molecular weight is 353 g/mol. The highest BCUT2D eigenvalue weighted by atomic mass is 16.6. The van der Waals surface area contributed by atoms with Gasteiger partial charge in [0.15, 0.2) is 0 Å². The first-order valence-electron chi connectivity index (χ1n) is 7.74. The van der Waals surface area contributed by atoms with Crippen LogP contribution in [0.15, 0.2) is 59.5 Å². The molecule has 0 bridgehead atoms. The van der Waals surface area contributed by atoms with Crippen molar-refractivity contribution < 1.29 is 14.5 Å². The van der Waals surface area contributed by atoms with Crippen LogP contribution in [0.1, 0.15) is 21.6 Å². The number of carbonyl (C=O) groups excluding carboxylic acids is 1. The van der Waals surface area contributed by atoms with E-state index < -0.39 is 10.9 Å². The van der Waals surface area contributed by atoms with E-state index in [4.69, 9.17) is 4.74 Å². The van der Waals surface area contributed by atoms with Gasteiger partial charge in [-0.25, -0.2) is 9.59 Å². The number of H-pyrrole nitrogens is 1. The van der Waals surface area contributed by atoms with Crippen molar-refractivity contribution in [3.63, 3.8) is 0 Å². The van der Waals surface area contributed by atoms with Gasteiger partial charge in [0.2, 0.25) is 0 Å². The van der Waals surface area contributed by atoms with Crippen LogP contribution in [0.25, 0.3) is 5.69 Å². The van der Waals surface area contributed by atoms with E-state index in [9.17, 15) is 19.7 Å². The van der Waals surface area contributed by atoms with Crippen LogP contribution < -0.4 is 5.69 Å². The number of nitro groups is 1. The molecule has 1 heterocycles. The average Bonchev–Trinajstić information content (AvgIpc) is 2.98. The second-order valence-corrected chi connectivity index (χ2v) is 5.58. The van der Waals surface area contributed by atoms with Gasteiger partial charge in [0.25, 0.3) is 5.69 Å². The molecule has 2 aromatic carbocycles. The molecular weight excluding hydrogens is 338 g/mol. The number of hydrogen-bond donors (Lipinski definition) is 1. The van der Waals surface area contributed by atoms with Crippen molar-refractivity contribution in [1.29, 1.82) is 0 Å². The summed E-state index contributed by atoms with van der Waals surface area (Å²) in [6.45, 7) is 1.58. The molecule has 0 atom stereocenters. The third-order valence-electron chi connectivity index (χ3n) is 3.87. The number of para-hydroxylation sites is 1. The standard InChI is InChI=1S/C18H15N3O5/c1-12-10-19-18(23)20(12)15-8-6-13(7-9-15)17(22)26-11-14-4-2-3-5-16(14)21(24)25/h2-10H,11H2,1H3,(H,19,23). The lowest BCUT2D eigenvalue weighted by Gasteiger charge is -2.07. The van der Waals surface area contributed by atoms with Crippen molar-refractivity contribution in [3.8, 4) is 5.69 Å². The molecule has 0 amide bonds. The minimum absolute atomic E-state index is 0.0991. The third-order valence-corrected chi connectivity index (χ3v) is 3.87. The quantitative estimate of drug-likeness (QED) is 0.431. The van der Waals surface area contributed by atoms with Crippen LogP contribution in [0.3, 0.4) is 0 Å². The van der Waals surface area contributed by atoms with Crippen molar-refractivity contribution in [1.82, 2.24) is 9.55 Å². The molecule has 3 aromatic rings. The van der Waals surface area contributed by atoms with Gasteiger partial charge in [0, 0.05) is 18.0 Å². The first-order valence-corrected chi connectivity index (χ1v) is 7.74. The van der Waals surface area contributed by atoms with Gasteiger partial charge < -0.3 is 9.72 Å². The molecule has 0 unspecified atom stereocenters. The number of aryl methyl sites for hydroxylation is 1. The molecule has 0 saturated heterocycles. The van der Waals surface area contributed by atoms with Crippen molar-refractivity contribution in [2.24, 2.45) is 0 Å². The number of nitro benzene ring substituents is 1. The number of hydrogen-bond acceptors (Lipinski definition) is 5. The van der Waals surface area contributed by atoms with Gasteiger partial charge in [-0.3, -0.25) is 14.7 Å². The van der Waals surface area contributed by atoms with Gasteiger partial charge in [-0.2, -0.15) is 0 Å². The highest BCUT2D eigenvalue weighted by molar-refractivity contribution is 5.89. The first kappa shape index (κ1) is 17.2. The molecule has 132 valence electrons. The van der Waals surface area contributed by atoms with E-state index in [0.29, 0.717) is 11.3 Å². The Morgan fingerprint density at radius 1 is 1.19 bits per heavy atom. The molecule has 0 spiro atoms. The highest BCUT2D eigenvalue weighted by Gasteiger charge is 2.15. The van der Waals surface area contributed by atoms with Crippen LogP contribution in [-0.2, 0) is 11.3 Å². The lowest BCUT2D eigenvalue weighted by molar-refractivity contribution is -0.385. The van der Waals surface area contributed by atoms with E-state index in [0.717, 1.165) is 5.69 Å². The van der Waals surface area contributed by atoms with E-state index >= 15 is 0 Å². The number of aromatic nitrogens is 2. The fourth-order valence-corrected chi connectivity index (χ4v) is 2.56. The van der Waals surface area contributed by atoms with Gasteiger partial charge in [-0.1, -0.05) is 12.1 Å². The molecular formula is C18H15N3O5. The lowest BCUT2D eigenvalue weighted by atomic mass is 10.2. The second kappa shape index (κ2) is 7.06. The zero-order valence-electron chi connectivity index (χ0n) is 13.8. The SMILES string of the molecule is Cc1c[nH]c(=O)n1-c1ccc(C(=O)OCc2ccccc2[N+](=O)[O-])cc1. The van der Waals surface area contributed by atoms with Gasteiger partial charge in [-0.15, -0.1) is 0 Å². The van der Waals surface area contributed by atoms with E-state index in [1.165, 1.54) is 28.8 Å². The summed E-state index contributed by atoms with van der Waals surface area (Å²) in [6, 6.07) is 12.4. The number of rotatable bonds is 5.